The Labute approximate surface area is 112 Å². The van der Waals surface area contributed by atoms with Crippen LogP contribution in [0.5, 0.6) is 5.75 Å². The molecule has 0 fully saturated rings. The van der Waals surface area contributed by atoms with E-state index in [9.17, 15) is 0 Å². The Morgan fingerprint density at radius 3 is 2.74 bits per heavy atom. The Morgan fingerprint density at radius 2 is 2.00 bits per heavy atom. The molecule has 1 aromatic heterocycles. The van der Waals surface area contributed by atoms with E-state index in [1.807, 2.05) is 31.2 Å². The van der Waals surface area contributed by atoms with Crippen molar-refractivity contribution in [2.45, 2.75) is 32.9 Å². The van der Waals surface area contributed by atoms with Crippen molar-refractivity contribution < 1.29 is 4.74 Å². The number of aromatic nitrogens is 4. The van der Waals surface area contributed by atoms with Gasteiger partial charge in [0.15, 0.2) is 5.82 Å². The van der Waals surface area contributed by atoms with E-state index in [1.54, 1.807) is 4.68 Å². The van der Waals surface area contributed by atoms with Gasteiger partial charge in [-0.2, -0.15) is 0 Å². The molecule has 2 N–H and O–H groups in total. The van der Waals surface area contributed by atoms with Crippen LogP contribution in [0.25, 0.3) is 0 Å². The highest BCUT2D eigenvalue weighted by Crippen LogP contribution is 2.12. The van der Waals surface area contributed by atoms with Crippen LogP contribution in [0.2, 0.25) is 0 Å². The Hall–Kier alpha value is -1.95. The second-order valence-corrected chi connectivity index (χ2v) is 4.42. The average Bonchev–Trinajstić information content (AvgIpc) is 2.86. The topological polar surface area (TPSA) is 78.9 Å². The molecule has 0 atom stereocenters. The molecule has 0 amide bonds. The first kappa shape index (κ1) is 13.5. The SMILES string of the molecule is Cc1ccc(OCc2nnnn2CCCCN)cc1. The number of benzene rings is 1. The third-order valence-electron chi connectivity index (χ3n) is 2.82. The van der Waals surface area contributed by atoms with Gasteiger partial charge in [-0.05, 0) is 48.9 Å². The molecule has 2 rings (SSSR count). The van der Waals surface area contributed by atoms with E-state index in [0.717, 1.165) is 31.0 Å². The van der Waals surface area contributed by atoms with Crippen LogP contribution >= 0.6 is 0 Å². The van der Waals surface area contributed by atoms with Crippen LogP contribution in [0.3, 0.4) is 0 Å². The molecule has 0 radical (unpaired) electrons. The summed E-state index contributed by atoms with van der Waals surface area (Å²) in [5.41, 5.74) is 6.67. The van der Waals surface area contributed by atoms with Gasteiger partial charge in [-0.1, -0.05) is 17.7 Å². The average molecular weight is 261 g/mol. The van der Waals surface area contributed by atoms with Crippen molar-refractivity contribution in [1.29, 1.82) is 0 Å². The van der Waals surface area contributed by atoms with Gasteiger partial charge in [-0.15, -0.1) is 5.10 Å². The van der Waals surface area contributed by atoms with Gasteiger partial charge in [0.1, 0.15) is 12.4 Å². The van der Waals surface area contributed by atoms with Gasteiger partial charge in [-0.3, -0.25) is 0 Å². The lowest BCUT2D eigenvalue weighted by molar-refractivity contribution is 0.285. The molecule has 2 aromatic rings. The minimum Gasteiger partial charge on any atom is -0.486 e. The van der Waals surface area contributed by atoms with Crippen LogP contribution in [0.1, 0.15) is 24.2 Å². The van der Waals surface area contributed by atoms with Gasteiger partial charge in [0.2, 0.25) is 0 Å². The van der Waals surface area contributed by atoms with E-state index >= 15 is 0 Å². The number of hydrogen-bond acceptors (Lipinski definition) is 5. The molecule has 6 heteroatoms. The predicted molar refractivity (Wildman–Crippen MR) is 71.6 cm³/mol. The second kappa shape index (κ2) is 6.84. The first-order chi connectivity index (χ1) is 9.29. The summed E-state index contributed by atoms with van der Waals surface area (Å²) >= 11 is 0. The highest BCUT2D eigenvalue weighted by atomic mass is 16.5. The number of unbranched alkanes of at least 4 members (excludes halogenated alkanes) is 1. The molecule has 0 aliphatic rings. The monoisotopic (exact) mass is 261 g/mol. The zero-order valence-electron chi connectivity index (χ0n) is 11.1. The molecule has 19 heavy (non-hydrogen) atoms. The lowest BCUT2D eigenvalue weighted by Gasteiger charge is -2.07. The molecule has 6 nitrogen and oxygen atoms in total. The zero-order chi connectivity index (χ0) is 13.5. The molecule has 0 aliphatic heterocycles. The van der Waals surface area contributed by atoms with Crippen molar-refractivity contribution >= 4 is 0 Å². The number of aryl methyl sites for hydroxylation is 2. The first-order valence-electron chi connectivity index (χ1n) is 6.44. The van der Waals surface area contributed by atoms with Gasteiger partial charge in [-0.25, -0.2) is 4.68 Å². The molecule has 0 saturated carbocycles. The normalized spacial score (nSPS) is 10.6. The van der Waals surface area contributed by atoms with Gasteiger partial charge in [0.05, 0.1) is 0 Å². The Balaban J connectivity index is 1.88. The van der Waals surface area contributed by atoms with Crippen molar-refractivity contribution in [3.63, 3.8) is 0 Å². The van der Waals surface area contributed by atoms with Gasteiger partial charge in [0.25, 0.3) is 0 Å². The summed E-state index contributed by atoms with van der Waals surface area (Å²) in [5, 5.41) is 11.6. The van der Waals surface area contributed by atoms with E-state index < -0.39 is 0 Å². The molecule has 1 heterocycles. The summed E-state index contributed by atoms with van der Waals surface area (Å²) < 4.78 is 7.43. The van der Waals surface area contributed by atoms with Gasteiger partial charge >= 0.3 is 0 Å². The minimum atomic E-state index is 0.374. The quantitative estimate of drug-likeness (QED) is 0.760. The summed E-state index contributed by atoms with van der Waals surface area (Å²) in [7, 11) is 0. The summed E-state index contributed by atoms with van der Waals surface area (Å²) in [6.45, 7) is 3.88. The first-order valence-corrected chi connectivity index (χ1v) is 6.44. The molecule has 1 aromatic carbocycles. The van der Waals surface area contributed by atoms with Crippen molar-refractivity contribution in [2.75, 3.05) is 6.54 Å². The molecule has 102 valence electrons. The molecule has 0 saturated heterocycles. The second-order valence-electron chi connectivity index (χ2n) is 4.42. The number of ether oxygens (including phenoxy) is 1. The third kappa shape index (κ3) is 4.03. The molecule has 0 unspecified atom stereocenters. The van der Waals surface area contributed by atoms with E-state index in [0.29, 0.717) is 13.2 Å². The van der Waals surface area contributed by atoms with Crippen LogP contribution in [0.15, 0.2) is 24.3 Å². The van der Waals surface area contributed by atoms with Crippen LogP contribution in [0, 0.1) is 6.92 Å². The maximum atomic E-state index is 5.66. The fourth-order valence-electron chi connectivity index (χ4n) is 1.69. The van der Waals surface area contributed by atoms with Gasteiger partial charge in [0, 0.05) is 6.54 Å². The lowest BCUT2D eigenvalue weighted by atomic mass is 10.2. The van der Waals surface area contributed by atoms with Crippen molar-refractivity contribution in [2.24, 2.45) is 5.73 Å². The highest BCUT2D eigenvalue weighted by molar-refractivity contribution is 5.26. The zero-order valence-corrected chi connectivity index (χ0v) is 11.1. The molecule has 0 spiro atoms. The third-order valence-corrected chi connectivity index (χ3v) is 2.82. The summed E-state index contributed by atoms with van der Waals surface area (Å²) in [4.78, 5) is 0. The number of tetrazole rings is 1. The fraction of sp³-hybridized carbons (Fsp3) is 0.462. The number of nitrogens with zero attached hydrogens (tertiary/aromatic N) is 4. The largest absolute Gasteiger partial charge is 0.486 e. The molecule has 0 aliphatic carbocycles. The lowest BCUT2D eigenvalue weighted by Crippen LogP contribution is -2.10. The number of hydrogen-bond donors (Lipinski definition) is 1. The molecule has 0 bridgehead atoms. The standard InChI is InChI=1S/C13H19N5O/c1-11-4-6-12(7-5-11)19-10-13-15-16-17-18(13)9-3-2-8-14/h4-7H,2-3,8-10,14H2,1H3. The predicted octanol–water partition coefficient (Wildman–Crippen LogP) is 1.30. The van der Waals surface area contributed by atoms with Crippen LogP contribution in [0.4, 0.5) is 0 Å². The van der Waals surface area contributed by atoms with E-state index in [2.05, 4.69) is 15.5 Å². The Morgan fingerprint density at radius 1 is 1.21 bits per heavy atom. The molecular formula is C13H19N5O. The minimum absolute atomic E-state index is 0.374. The summed E-state index contributed by atoms with van der Waals surface area (Å²) in [6, 6.07) is 7.91. The Bertz CT molecular complexity index is 494. The van der Waals surface area contributed by atoms with Crippen molar-refractivity contribution in [1.82, 2.24) is 20.2 Å². The smallest absolute Gasteiger partial charge is 0.189 e. The molecular weight excluding hydrogens is 242 g/mol. The maximum absolute atomic E-state index is 5.66. The van der Waals surface area contributed by atoms with Crippen LogP contribution in [-0.2, 0) is 13.2 Å². The maximum Gasteiger partial charge on any atom is 0.189 e. The van der Waals surface area contributed by atoms with E-state index in [4.69, 9.17) is 10.5 Å². The summed E-state index contributed by atoms with van der Waals surface area (Å²) in [6.07, 6.45) is 1.94. The van der Waals surface area contributed by atoms with Crippen LogP contribution in [-0.4, -0.2) is 26.8 Å². The fourth-order valence-corrected chi connectivity index (χ4v) is 1.69. The number of nitrogens with two attached hydrogens (primary N) is 1. The van der Waals surface area contributed by atoms with Crippen molar-refractivity contribution in [3.05, 3.63) is 35.7 Å². The highest BCUT2D eigenvalue weighted by Gasteiger charge is 2.06. The van der Waals surface area contributed by atoms with E-state index in [1.165, 1.54) is 5.56 Å². The van der Waals surface area contributed by atoms with Gasteiger partial charge < -0.3 is 10.5 Å². The Kier molecular flexibility index (Phi) is 4.85. The van der Waals surface area contributed by atoms with Crippen LogP contribution < -0.4 is 10.5 Å². The van der Waals surface area contributed by atoms with Crippen molar-refractivity contribution in [3.8, 4) is 5.75 Å². The number of rotatable bonds is 7. The summed E-state index contributed by atoms with van der Waals surface area (Å²) in [5.74, 6) is 1.56. The van der Waals surface area contributed by atoms with E-state index in [-0.39, 0.29) is 0 Å².